The van der Waals surface area contributed by atoms with Gasteiger partial charge in [0.25, 0.3) is 0 Å². The zero-order chi connectivity index (χ0) is 39.1. The number of benzene rings is 7. The van der Waals surface area contributed by atoms with Crippen LogP contribution in [0.3, 0.4) is 0 Å². The summed E-state index contributed by atoms with van der Waals surface area (Å²) in [5.74, 6) is 0. The summed E-state index contributed by atoms with van der Waals surface area (Å²) in [6.07, 6.45) is 9.16. The number of nitrogens with zero attached hydrogens (tertiary/aromatic N) is 1. The molecule has 0 amide bonds. The Balaban J connectivity index is 1.17. The molecule has 1 unspecified atom stereocenters. The fourth-order valence-electron chi connectivity index (χ4n) is 9.64. The number of rotatable bonds is 8. The highest BCUT2D eigenvalue weighted by atomic mass is 15.1. The van der Waals surface area contributed by atoms with Crippen LogP contribution in [0, 0.1) is 20.8 Å². The van der Waals surface area contributed by atoms with E-state index in [4.69, 9.17) is 0 Å². The normalized spacial score (nSPS) is 16.2. The lowest BCUT2D eigenvalue weighted by molar-refractivity contribution is 0.606. The molecular weight excluding hydrogens is 687 g/mol. The van der Waals surface area contributed by atoms with Gasteiger partial charge in [0.05, 0.1) is 0 Å². The molecule has 7 aromatic carbocycles. The molecule has 0 fully saturated rings. The van der Waals surface area contributed by atoms with E-state index in [2.05, 4.69) is 209 Å². The molecule has 1 atom stereocenters. The van der Waals surface area contributed by atoms with Gasteiger partial charge in [0, 0.05) is 22.5 Å². The van der Waals surface area contributed by atoms with Crippen molar-refractivity contribution in [2.75, 3.05) is 4.90 Å². The Hall–Kier alpha value is -6.18. The Morgan fingerprint density at radius 3 is 1.93 bits per heavy atom. The minimum atomic E-state index is -0.161. The monoisotopic (exact) mass is 737 g/mol. The first-order valence-electron chi connectivity index (χ1n) is 20.7. The van der Waals surface area contributed by atoms with Gasteiger partial charge in [-0.3, -0.25) is 0 Å². The molecule has 9 rings (SSSR count). The van der Waals surface area contributed by atoms with Crippen molar-refractivity contribution < 1.29 is 0 Å². The van der Waals surface area contributed by atoms with E-state index in [-0.39, 0.29) is 5.41 Å². The Morgan fingerprint density at radius 2 is 1.14 bits per heavy atom. The quantitative estimate of drug-likeness (QED) is 0.150. The lowest BCUT2D eigenvalue weighted by atomic mass is 9.71. The summed E-state index contributed by atoms with van der Waals surface area (Å²) in [6.45, 7) is 11.2. The molecule has 0 aliphatic heterocycles. The number of anilines is 3. The number of allylic oxidation sites excluding steroid dienone is 3. The Bertz CT molecular complexity index is 2670. The van der Waals surface area contributed by atoms with Crippen molar-refractivity contribution in [3.63, 3.8) is 0 Å². The van der Waals surface area contributed by atoms with Gasteiger partial charge in [0.1, 0.15) is 0 Å². The Morgan fingerprint density at radius 1 is 0.491 bits per heavy atom. The van der Waals surface area contributed by atoms with Crippen LogP contribution >= 0.6 is 0 Å². The largest absolute Gasteiger partial charge is 0.310 e. The van der Waals surface area contributed by atoms with Crippen LogP contribution in [-0.2, 0) is 5.41 Å². The number of aryl methyl sites for hydroxylation is 3. The van der Waals surface area contributed by atoms with E-state index in [1.54, 1.807) is 11.1 Å². The van der Waals surface area contributed by atoms with Gasteiger partial charge in [0.15, 0.2) is 0 Å². The second-order valence-corrected chi connectivity index (χ2v) is 16.2. The molecule has 0 saturated heterocycles. The molecular formula is C56H51N. The van der Waals surface area contributed by atoms with E-state index < -0.39 is 0 Å². The molecule has 0 aromatic heterocycles. The minimum absolute atomic E-state index is 0.161. The predicted octanol–water partition coefficient (Wildman–Crippen LogP) is 15.8. The van der Waals surface area contributed by atoms with Gasteiger partial charge in [-0.1, -0.05) is 133 Å². The fourth-order valence-corrected chi connectivity index (χ4v) is 9.64. The molecule has 0 heterocycles. The maximum absolute atomic E-state index is 2.51. The second-order valence-electron chi connectivity index (χ2n) is 16.2. The SMILES string of the molecule is C/C=C\c1cc(-c2ccc(N(c3cccc(-c4ccc(-c5ccccc5C)c(C)c4)c3)c3ccc4c(c3)C(C)(c3ccccc3)C3=C4CCCC3)cc2)ccc1C. The summed E-state index contributed by atoms with van der Waals surface area (Å²) >= 11 is 0. The maximum Gasteiger partial charge on any atom is 0.0467 e. The third-order valence-electron chi connectivity index (χ3n) is 12.7. The van der Waals surface area contributed by atoms with E-state index >= 15 is 0 Å². The highest BCUT2D eigenvalue weighted by Gasteiger charge is 2.43. The summed E-state index contributed by atoms with van der Waals surface area (Å²) in [7, 11) is 0. The lowest BCUT2D eigenvalue weighted by Gasteiger charge is -2.33. The van der Waals surface area contributed by atoms with Crippen LogP contribution in [0.15, 0.2) is 169 Å². The van der Waals surface area contributed by atoms with Crippen molar-refractivity contribution >= 4 is 28.7 Å². The second kappa shape index (κ2) is 15.1. The standard InChI is InChI=1S/C56H51N/c1-6-15-42-35-45(25-24-38(42)2)41-26-29-47(30-27-41)57(48-20-14-17-43(36-48)44-28-32-51(40(4)34-44)50-21-11-10-16-39(50)3)49-31-33-53-52-22-12-13-23-54(52)56(5,55(53)37-49)46-18-8-7-9-19-46/h6-11,14-21,24-37H,12-13,22-23H2,1-5H3/b15-6-. The van der Waals surface area contributed by atoms with Gasteiger partial charge in [-0.25, -0.2) is 0 Å². The van der Waals surface area contributed by atoms with Crippen LogP contribution in [0.2, 0.25) is 0 Å². The van der Waals surface area contributed by atoms with Gasteiger partial charge < -0.3 is 4.90 Å². The third kappa shape index (κ3) is 6.56. The van der Waals surface area contributed by atoms with Crippen molar-refractivity contribution in [3.05, 3.63) is 208 Å². The summed E-state index contributed by atoms with van der Waals surface area (Å²) < 4.78 is 0. The Labute approximate surface area is 339 Å². The van der Waals surface area contributed by atoms with E-state index in [0.29, 0.717) is 0 Å². The van der Waals surface area contributed by atoms with Crippen LogP contribution in [0.1, 0.15) is 78.5 Å². The summed E-state index contributed by atoms with van der Waals surface area (Å²) in [6, 6.07) is 59.1. The van der Waals surface area contributed by atoms with Crippen LogP contribution in [-0.4, -0.2) is 0 Å². The van der Waals surface area contributed by atoms with Crippen LogP contribution in [0.5, 0.6) is 0 Å². The van der Waals surface area contributed by atoms with Gasteiger partial charge in [-0.15, -0.1) is 0 Å². The molecule has 57 heavy (non-hydrogen) atoms. The van der Waals surface area contributed by atoms with E-state index in [1.165, 1.54) is 90.9 Å². The highest BCUT2D eigenvalue weighted by Crippen LogP contribution is 2.56. The maximum atomic E-state index is 2.51. The van der Waals surface area contributed by atoms with Crippen molar-refractivity contribution in [1.82, 2.24) is 0 Å². The first kappa shape index (κ1) is 36.5. The molecule has 0 saturated carbocycles. The van der Waals surface area contributed by atoms with Crippen LogP contribution < -0.4 is 4.90 Å². The first-order valence-corrected chi connectivity index (χ1v) is 20.7. The predicted molar refractivity (Wildman–Crippen MR) is 245 cm³/mol. The average molecular weight is 738 g/mol. The van der Waals surface area contributed by atoms with E-state index in [1.807, 2.05) is 0 Å². The van der Waals surface area contributed by atoms with Crippen LogP contribution in [0.4, 0.5) is 17.1 Å². The molecule has 0 N–H and O–H groups in total. The van der Waals surface area contributed by atoms with Gasteiger partial charge in [0.2, 0.25) is 0 Å². The minimum Gasteiger partial charge on any atom is -0.310 e. The van der Waals surface area contributed by atoms with Gasteiger partial charge in [-0.05, 0) is 181 Å². The lowest BCUT2D eigenvalue weighted by Crippen LogP contribution is -2.25. The summed E-state index contributed by atoms with van der Waals surface area (Å²) in [4.78, 5) is 2.46. The number of hydrogen-bond donors (Lipinski definition) is 0. The fraction of sp³-hybridized carbons (Fsp3) is 0.179. The number of hydrogen-bond acceptors (Lipinski definition) is 1. The number of fused-ring (bicyclic) bond motifs is 2. The molecule has 0 spiro atoms. The summed E-state index contributed by atoms with van der Waals surface area (Å²) in [5.41, 5.74) is 23.3. The third-order valence-corrected chi connectivity index (χ3v) is 12.7. The van der Waals surface area contributed by atoms with Gasteiger partial charge >= 0.3 is 0 Å². The van der Waals surface area contributed by atoms with Crippen molar-refractivity contribution in [3.8, 4) is 33.4 Å². The molecule has 2 aliphatic carbocycles. The van der Waals surface area contributed by atoms with Crippen molar-refractivity contribution in [2.24, 2.45) is 0 Å². The molecule has 0 radical (unpaired) electrons. The molecule has 7 aromatic rings. The highest BCUT2D eigenvalue weighted by molar-refractivity contribution is 5.88. The molecule has 1 heteroatoms. The summed E-state index contributed by atoms with van der Waals surface area (Å²) in [5, 5.41) is 0. The molecule has 0 bridgehead atoms. The zero-order valence-electron chi connectivity index (χ0n) is 33.9. The molecule has 2 aliphatic rings. The average Bonchev–Trinajstić information content (AvgIpc) is 3.51. The Kier molecular flexibility index (Phi) is 9.63. The van der Waals surface area contributed by atoms with E-state index in [9.17, 15) is 0 Å². The van der Waals surface area contributed by atoms with Gasteiger partial charge in [-0.2, -0.15) is 0 Å². The van der Waals surface area contributed by atoms with E-state index in [0.717, 1.165) is 24.2 Å². The first-order chi connectivity index (χ1) is 27.8. The van der Waals surface area contributed by atoms with Crippen molar-refractivity contribution in [1.29, 1.82) is 0 Å². The zero-order valence-corrected chi connectivity index (χ0v) is 33.9. The topological polar surface area (TPSA) is 3.24 Å². The molecule has 1 nitrogen and oxygen atoms in total. The van der Waals surface area contributed by atoms with Crippen molar-refractivity contribution in [2.45, 2.75) is 65.7 Å². The molecule has 280 valence electrons. The van der Waals surface area contributed by atoms with Crippen LogP contribution in [0.25, 0.3) is 45.0 Å². The smallest absolute Gasteiger partial charge is 0.0467 e.